The molecule has 1 aromatic carbocycles. The molecule has 2 heterocycles. The van der Waals surface area contributed by atoms with Crippen molar-refractivity contribution in [3.05, 3.63) is 54.4 Å². The third-order valence-corrected chi connectivity index (χ3v) is 2.84. The molecular weight excluding hydrogens is 282 g/mol. The number of nitrogen functional groups attached to an aromatic ring is 1. The zero-order valence-corrected chi connectivity index (χ0v) is 11.4. The molecule has 0 aliphatic carbocycles. The number of hydrogen-bond acceptors (Lipinski definition) is 4. The maximum absolute atomic E-state index is 10.9. The minimum absolute atomic E-state index is 0.0224. The van der Waals surface area contributed by atoms with Crippen molar-refractivity contribution < 1.29 is 9.90 Å². The molecule has 1 amide bonds. The van der Waals surface area contributed by atoms with Crippen molar-refractivity contribution in [2.45, 2.75) is 0 Å². The summed E-state index contributed by atoms with van der Waals surface area (Å²) in [5.41, 5.74) is 11.2. The van der Waals surface area contributed by atoms with Crippen LogP contribution in [-0.4, -0.2) is 15.6 Å². The van der Waals surface area contributed by atoms with Gasteiger partial charge in [-0.15, -0.1) is 0 Å². The highest BCUT2D eigenvalue weighted by Gasteiger charge is 2.02. The van der Waals surface area contributed by atoms with Gasteiger partial charge >= 0.3 is 6.03 Å². The summed E-state index contributed by atoms with van der Waals surface area (Å²) in [7, 11) is 0. The molecular formula is C15H12N5O2. The zero-order chi connectivity index (χ0) is 16.1. The van der Waals surface area contributed by atoms with Gasteiger partial charge in [-0.3, -0.25) is 9.67 Å². The Bertz CT molecular complexity index is 864. The number of carbonyl (C=O) groups excluding carboxylic acids is 1. The quantitative estimate of drug-likeness (QED) is 0.658. The van der Waals surface area contributed by atoms with E-state index in [0.29, 0.717) is 0 Å². The van der Waals surface area contributed by atoms with Gasteiger partial charge < -0.3 is 11.5 Å². The van der Waals surface area contributed by atoms with Crippen molar-refractivity contribution in [1.82, 2.24) is 9.55 Å². The second-order valence-corrected chi connectivity index (χ2v) is 4.30. The maximum atomic E-state index is 10.9. The molecule has 0 spiro atoms. The summed E-state index contributed by atoms with van der Waals surface area (Å²) in [5.74, 6) is -0.237. The molecule has 4 N–H and O–H groups in total. The summed E-state index contributed by atoms with van der Waals surface area (Å²) in [6.45, 7) is 0. The number of anilines is 1. The number of hydrogen-bond donors (Lipinski definition) is 2. The summed E-state index contributed by atoms with van der Waals surface area (Å²) >= 11 is 0. The SMILES string of the molecule is N#Cc1cnc(N)cc1[O].NC(=O)n1ccc2ccccc21. The molecule has 22 heavy (non-hydrogen) atoms. The number of pyridine rings is 1. The van der Waals surface area contributed by atoms with E-state index < -0.39 is 6.03 Å². The van der Waals surface area contributed by atoms with E-state index in [0.717, 1.165) is 23.2 Å². The number of rotatable bonds is 0. The molecule has 3 rings (SSSR count). The monoisotopic (exact) mass is 294 g/mol. The predicted octanol–water partition coefficient (Wildman–Crippen LogP) is 2.25. The molecule has 0 saturated heterocycles. The fourth-order valence-corrected chi connectivity index (χ4v) is 1.81. The minimum atomic E-state index is -0.448. The number of benzene rings is 1. The van der Waals surface area contributed by atoms with E-state index in [4.69, 9.17) is 16.7 Å². The Kier molecular flexibility index (Phi) is 4.24. The third-order valence-electron chi connectivity index (χ3n) is 2.84. The van der Waals surface area contributed by atoms with E-state index >= 15 is 0 Å². The maximum Gasteiger partial charge on any atom is 0.323 e. The number of primary amides is 1. The fraction of sp³-hybridized carbons (Fsp3) is 0. The smallest absolute Gasteiger partial charge is 0.323 e. The normalized spacial score (nSPS) is 9.59. The molecule has 1 radical (unpaired) electrons. The summed E-state index contributed by atoms with van der Waals surface area (Å²) < 4.78 is 1.43. The van der Waals surface area contributed by atoms with E-state index in [1.807, 2.05) is 30.3 Å². The summed E-state index contributed by atoms with van der Waals surface area (Å²) in [4.78, 5) is 14.4. The van der Waals surface area contributed by atoms with E-state index in [2.05, 4.69) is 4.98 Å². The van der Waals surface area contributed by atoms with Gasteiger partial charge in [-0.25, -0.2) is 9.78 Å². The first-order chi connectivity index (χ1) is 10.5. The van der Waals surface area contributed by atoms with Crippen molar-refractivity contribution in [3.8, 4) is 11.8 Å². The lowest BCUT2D eigenvalue weighted by Crippen LogP contribution is -2.17. The first kappa shape index (κ1) is 14.9. The van der Waals surface area contributed by atoms with Crippen LogP contribution in [-0.2, 0) is 5.11 Å². The zero-order valence-electron chi connectivity index (χ0n) is 11.4. The van der Waals surface area contributed by atoms with Gasteiger partial charge in [0.05, 0.1) is 11.7 Å². The Morgan fingerprint density at radius 3 is 2.64 bits per heavy atom. The molecule has 109 valence electrons. The molecule has 0 saturated carbocycles. The summed E-state index contributed by atoms with van der Waals surface area (Å²) in [6.07, 6.45) is 2.84. The van der Waals surface area contributed by atoms with Gasteiger partial charge in [0.2, 0.25) is 5.75 Å². The predicted molar refractivity (Wildman–Crippen MR) is 80.4 cm³/mol. The molecule has 0 aliphatic rings. The van der Waals surface area contributed by atoms with Gasteiger partial charge in [0.1, 0.15) is 17.5 Å². The Morgan fingerprint density at radius 2 is 2.00 bits per heavy atom. The van der Waals surface area contributed by atoms with Crippen LogP contribution >= 0.6 is 0 Å². The number of nitrogens with two attached hydrogens (primary N) is 2. The van der Waals surface area contributed by atoms with Crippen molar-refractivity contribution in [3.63, 3.8) is 0 Å². The van der Waals surface area contributed by atoms with Crippen LogP contribution in [0.3, 0.4) is 0 Å². The lowest BCUT2D eigenvalue weighted by atomic mass is 10.2. The third kappa shape index (κ3) is 3.13. The molecule has 0 unspecified atom stereocenters. The van der Waals surface area contributed by atoms with Gasteiger partial charge in [0, 0.05) is 17.6 Å². The van der Waals surface area contributed by atoms with Crippen molar-refractivity contribution >= 4 is 22.8 Å². The average molecular weight is 294 g/mol. The fourth-order valence-electron chi connectivity index (χ4n) is 1.81. The highest BCUT2D eigenvalue weighted by molar-refractivity contribution is 5.90. The molecule has 0 aliphatic heterocycles. The number of amides is 1. The van der Waals surface area contributed by atoms with Gasteiger partial charge in [0.15, 0.2) is 0 Å². The average Bonchev–Trinajstić information content (AvgIpc) is 2.92. The number of aromatic nitrogens is 2. The van der Waals surface area contributed by atoms with Crippen LogP contribution in [0.25, 0.3) is 10.9 Å². The number of nitrogens with zero attached hydrogens (tertiary/aromatic N) is 3. The molecule has 7 nitrogen and oxygen atoms in total. The van der Waals surface area contributed by atoms with Crippen LogP contribution in [0.2, 0.25) is 0 Å². The van der Waals surface area contributed by atoms with Crippen LogP contribution in [0.4, 0.5) is 10.6 Å². The lowest BCUT2D eigenvalue weighted by Gasteiger charge is -1.96. The number of para-hydroxylation sites is 1. The Hall–Kier alpha value is -3.53. The van der Waals surface area contributed by atoms with Gasteiger partial charge in [-0.1, -0.05) is 18.2 Å². The topological polar surface area (TPSA) is 131 Å². The summed E-state index contributed by atoms with van der Waals surface area (Å²) in [5, 5.41) is 20.0. The highest BCUT2D eigenvalue weighted by atomic mass is 16.3. The van der Waals surface area contributed by atoms with Crippen LogP contribution in [0.15, 0.2) is 48.8 Å². The van der Waals surface area contributed by atoms with Crippen molar-refractivity contribution in [2.75, 3.05) is 5.73 Å². The Labute approximate surface area is 126 Å². The molecule has 0 bridgehead atoms. The first-order valence-electron chi connectivity index (χ1n) is 6.21. The van der Waals surface area contributed by atoms with Crippen LogP contribution in [0, 0.1) is 11.3 Å². The van der Waals surface area contributed by atoms with Gasteiger partial charge in [-0.2, -0.15) is 5.26 Å². The first-order valence-corrected chi connectivity index (χ1v) is 6.21. The number of carbonyl (C=O) groups is 1. The van der Waals surface area contributed by atoms with Gasteiger partial charge in [-0.05, 0) is 12.1 Å². The standard InChI is InChI=1S/C9H8N2O.C6H4N3O/c10-9(12)11-6-5-7-3-1-2-4-8(7)11;7-2-4-3-9-6(8)1-5(4)10/h1-6H,(H2,10,12);1,3H,(H2,8,9). The molecule has 7 heteroatoms. The Balaban J connectivity index is 0.000000164. The highest BCUT2D eigenvalue weighted by Crippen LogP contribution is 2.16. The minimum Gasteiger partial charge on any atom is -0.384 e. The van der Waals surface area contributed by atoms with Crippen molar-refractivity contribution in [1.29, 1.82) is 5.26 Å². The van der Waals surface area contributed by atoms with E-state index in [9.17, 15) is 9.90 Å². The largest absolute Gasteiger partial charge is 0.384 e. The van der Waals surface area contributed by atoms with Gasteiger partial charge in [0.25, 0.3) is 0 Å². The second kappa shape index (κ2) is 6.28. The number of nitriles is 1. The molecule has 0 fully saturated rings. The molecule has 3 aromatic rings. The van der Waals surface area contributed by atoms with E-state index in [1.165, 1.54) is 4.57 Å². The van der Waals surface area contributed by atoms with Crippen molar-refractivity contribution in [2.24, 2.45) is 5.73 Å². The Morgan fingerprint density at radius 1 is 1.27 bits per heavy atom. The second-order valence-electron chi connectivity index (χ2n) is 4.30. The van der Waals surface area contributed by atoms with Crippen LogP contribution < -0.4 is 11.5 Å². The molecule has 0 atom stereocenters. The van der Waals surface area contributed by atoms with E-state index in [-0.39, 0.29) is 17.1 Å². The summed E-state index contributed by atoms with van der Waals surface area (Å²) in [6, 6.07) is 11.8. The van der Waals surface area contributed by atoms with E-state index in [1.54, 1.807) is 12.3 Å². The molecule has 2 aromatic heterocycles. The van der Waals surface area contributed by atoms with Crippen LogP contribution in [0.5, 0.6) is 5.75 Å². The number of fused-ring (bicyclic) bond motifs is 1. The lowest BCUT2D eigenvalue weighted by molar-refractivity contribution is 0.251. The van der Waals surface area contributed by atoms with Crippen LogP contribution in [0.1, 0.15) is 5.56 Å².